The molecule has 20 heavy (non-hydrogen) atoms. The molecular weight excluding hydrogens is 392 g/mol. The number of rotatable bonds is 11. The van der Waals surface area contributed by atoms with Crippen LogP contribution in [0.4, 0.5) is 0 Å². The summed E-state index contributed by atoms with van der Waals surface area (Å²) in [5.74, 6) is -0.532. The summed E-state index contributed by atoms with van der Waals surface area (Å²) in [4.78, 5) is 22.5. The largest absolute Gasteiger partial charge is 0.465 e. The second-order valence-electron chi connectivity index (χ2n) is 4.55. The Bertz CT molecular complexity index is 256. The zero-order valence-corrected chi connectivity index (χ0v) is 15.4. The number of ether oxygens (including phenoxy) is 2. The van der Waals surface area contributed by atoms with Crippen molar-refractivity contribution in [1.82, 2.24) is 0 Å². The van der Waals surface area contributed by atoms with E-state index in [9.17, 15) is 9.59 Å². The Hall–Kier alpha value is -0.100. The van der Waals surface area contributed by atoms with E-state index in [0.29, 0.717) is 26.1 Å². The number of carbonyl (C=O) groups is 2. The van der Waals surface area contributed by atoms with Gasteiger partial charge in [-0.3, -0.25) is 9.59 Å². The number of unbranched alkanes of at least 4 members (excludes halogenated alkanes) is 2. The maximum atomic E-state index is 11.6. The lowest BCUT2D eigenvalue weighted by Crippen LogP contribution is -2.23. The lowest BCUT2D eigenvalue weighted by atomic mass is 10.2. The van der Waals surface area contributed by atoms with Crippen molar-refractivity contribution in [2.24, 2.45) is 0 Å². The molecule has 0 aromatic rings. The molecule has 6 heteroatoms. The van der Waals surface area contributed by atoms with Gasteiger partial charge in [-0.2, -0.15) is 0 Å². The van der Waals surface area contributed by atoms with Crippen LogP contribution in [0.3, 0.4) is 0 Å². The molecule has 0 aliphatic heterocycles. The zero-order valence-electron chi connectivity index (χ0n) is 12.2. The summed E-state index contributed by atoms with van der Waals surface area (Å²) in [7, 11) is 0. The van der Waals surface area contributed by atoms with Crippen molar-refractivity contribution >= 4 is 43.8 Å². The minimum Gasteiger partial charge on any atom is -0.465 e. The normalized spacial score (nSPS) is 13.6. The van der Waals surface area contributed by atoms with Crippen LogP contribution in [0.15, 0.2) is 0 Å². The third kappa shape index (κ3) is 9.75. The van der Waals surface area contributed by atoms with Crippen molar-refractivity contribution in [3.05, 3.63) is 0 Å². The summed E-state index contributed by atoms with van der Waals surface area (Å²) in [5.41, 5.74) is 0. The van der Waals surface area contributed by atoms with E-state index in [-0.39, 0.29) is 21.6 Å². The predicted molar refractivity (Wildman–Crippen MR) is 86.4 cm³/mol. The SMILES string of the molecule is CCCCOC(=O)C(Br)CCC(Br)C(=O)OCCCC. The van der Waals surface area contributed by atoms with Gasteiger partial charge in [0.1, 0.15) is 9.65 Å². The summed E-state index contributed by atoms with van der Waals surface area (Å²) in [6.45, 7) is 4.99. The Labute approximate surface area is 138 Å². The molecule has 2 unspecified atom stereocenters. The smallest absolute Gasteiger partial charge is 0.319 e. The van der Waals surface area contributed by atoms with Crippen molar-refractivity contribution in [2.75, 3.05) is 13.2 Å². The van der Waals surface area contributed by atoms with Crippen molar-refractivity contribution in [3.63, 3.8) is 0 Å². The van der Waals surface area contributed by atoms with Crippen molar-refractivity contribution < 1.29 is 19.1 Å². The first kappa shape index (κ1) is 19.9. The molecule has 0 amide bonds. The first-order chi connectivity index (χ1) is 9.52. The number of hydrogen-bond donors (Lipinski definition) is 0. The fourth-order valence-corrected chi connectivity index (χ4v) is 2.14. The second kappa shape index (κ2) is 12.6. The summed E-state index contributed by atoms with van der Waals surface area (Å²) >= 11 is 6.58. The van der Waals surface area contributed by atoms with E-state index in [4.69, 9.17) is 9.47 Å². The molecule has 0 heterocycles. The Morgan fingerprint density at radius 3 is 1.50 bits per heavy atom. The van der Waals surface area contributed by atoms with Crippen LogP contribution in [-0.4, -0.2) is 34.8 Å². The Morgan fingerprint density at radius 2 is 1.20 bits per heavy atom. The third-order valence-corrected chi connectivity index (χ3v) is 4.33. The summed E-state index contributed by atoms with van der Waals surface area (Å²) < 4.78 is 10.2. The van der Waals surface area contributed by atoms with Crippen LogP contribution in [0.1, 0.15) is 52.4 Å². The van der Waals surface area contributed by atoms with Gasteiger partial charge in [0.05, 0.1) is 13.2 Å². The topological polar surface area (TPSA) is 52.6 Å². The Balaban J connectivity index is 3.83. The fourth-order valence-electron chi connectivity index (χ4n) is 1.34. The van der Waals surface area contributed by atoms with Gasteiger partial charge >= 0.3 is 11.9 Å². The van der Waals surface area contributed by atoms with Crippen LogP contribution in [0.5, 0.6) is 0 Å². The maximum absolute atomic E-state index is 11.6. The van der Waals surface area contributed by atoms with Crippen LogP contribution in [-0.2, 0) is 19.1 Å². The average Bonchev–Trinajstić information content (AvgIpc) is 2.44. The van der Waals surface area contributed by atoms with Gasteiger partial charge in [0, 0.05) is 0 Å². The Morgan fingerprint density at radius 1 is 0.850 bits per heavy atom. The predicted octanol–water partition coefficient (Wildman–Crippen LogP) is 3.98. The van der Waals surface area contributed by atoms with E-state index in [2.05, 4.69) is 31.9 Å². The molecule has 0 fully saturated rings. The van der Waals surface area contributed by atoms with Gasteiger partial charge in [0.2, 0.25) is 0 Å². The van der Waals surface area contributed by atoms with Crippen LogP contribution in [0.2, 0.25) is 0 Å². The quantitative estimate of drug-likeness (QED) is 0.291. The zero-order chi connectivity index (χ0) is 15.4. The minimum absolute atomic E-state index is 0.266. The van der Waals surface area contributed by atoms with Crippen LogP contribution in [0, 0.1) is 0 Å². The molecule has 118 valence electrons. The van der Waals surface area contributed by atoms with Gasteiger partial charge in [-0.1, -0.05) is 58.5 Å². The maximum Gasteiger partial charge on any atom is 0.319 e. The van der Waals surface area contributed by atoms with E-state index < -0.39 is 0 Å². The molecule has 0 aliphatic carbocycles. The van der Waals surface area contributed by atoms with Gasteiger partial charge in [-0.25, -0.2) is 0 Å². The van der Waals surface area contributed by atoms with Crippen molar-refractivity contribution in [1.29, 1.82) is 0 Å². The fraction of sp³-hybridized carbons (Fsp3) is 0.857. The minimum atomic E-state index is -0.372. The average molecular weight is 416 g/mol. The number of hydrogen-bond acceptors (Lipinski definition) is 4. The van der Waals surface area contributed by atoms with E-state index >= 15 is 0 Å². The summed E-state index contributed by atoms with van der Waals surface area (Å²) in [6.07, 6.45) is 4.79. The van der Waals surface area contributed by atoms with Gasteiger partial charge < -0.3 is 9.47 Å². The van der Waals surface area contributed by atoms with E-state index in [0.717, 1.165) is 25.7 Å². The molecule has 0 bridgehead atoms. The van der Waals surface area contributed by atoms with Gasteiger partial charge in [0.15, 0.2) is 0 Å². The van der Waals surface area contributed by atoms with Crippen LogP contribution in [0.25, 0.3) is 0 Å². The van der Waals surface area contributed by atoms with E-state index in [1.54, 1.807) is 0 Å². The van der Waals surface area contributed by atoms with Gasteiger partial charge in [0.25, 0.3) is 0 Å². The molecule has 0 saturated heterocycles. The highest BCUT2D eigenvalue weighted by Gasteiger charge is 2.21. The summed E-state index contributed by atoms with van der Waals surface area (Å²) in [5, 5.41) is 0. The first-order valence-corrected chi connectivity index (χ1v) is 8.97. The number of halogens is 2. The van der Waals surface area contributed by atoms with Crippen molar-refractivity contribution in [3.8, 4) is 0 Å². The number of esters is 2. The number of carbonyl (C=O) groups excluding carboxylic acids is 2. The monoisotopic (exact) mass is 414 g/mol. The highest BCUT2D eigenvalue weighted by molar-refractivity contribution is 9.10. The standard InChI is InChI=1S/C14H24Br2O4/c1-3-5-9-19-13(17)11(15)7-8-12(16)14(18)20-10-6-4-2/h11-12H,3-10H2,1-2H3. The molecule has 0 spiro atoms. The molecule has 0 rings (SSSR count). The van der Waals surface area contributed by atoms with E-state index in [1.807, 2.05) is 13.8 Å². The molecule has 0 radical (unpaired) electrons. The number of alkyl halides is 2. The third-order valence-electron chi connectivity index (χ3n) is 2.67. The lowest BCUT2D eigenvalue weighted by molar-refractivity contribution is -0.145. The van der Waals surface area contributed by atoms with Crippen LogP contribution < -0.4 is 0 Å². The molecule has 2 atom stereocenters. The summed E-state index contributed by atoms with van der Waals surface area (Å²) in [6, 6.07) is 0. The molecule has 0 aliphatic rings. The van der Waals surface area contributed by atoms with Gasteiger partial charge in [-0.05, 0) is 25.7 Å². The molecular formula is C14H24Br2O4. The Kier molecular flexibility index (Phi) is 12.6. The molecule has 0 aromatic heterocycles. The molecule has 0 N–H and O–H groups in total. The molecule has 4 nitrogen and oxygen atoms in total. The van der Waals surface area contributed by atoms with E-state index in [1.165, 1.54) is 0 Å². The highest BCUT2D eigenvalue weighted by Crippen LogP contribution is 2.17. The van der Waals surface area contributed by atoms with Crippen LogP contribution >= 0.6 is 31.9 Å². The van der Waals surface area contributed by atoms with Gasteiger partial charge in [-0.15, -0.1) is 0 Å². The highest BCUT2D eigenvalue weighted by atomic mass is 79.9. The lowest BCUT2D eigenvalue weighted by Gasteiger charge is -2.13. The molecule has 0 aromatic carbocycles. The van der Waals surface area contributed by atoms with Crippen molar-refractivity contribution in [2.45, 2.75) is 62.0 Å². The first-order valence-electron chi connectivity index (χ1n) is 7.14. The molecule has 0 saturated carbocycles. The second-order valence-corrected chi connectivity index (χ2v) is 6.77.